The van der Waals surface area contributed by atoms with Gasteiger partial charge in [-0.2, -0.15) is 5.10 Å². The van der Waals surface area contributed by atoms with Crippen LogP contribution >= 0.6 is 11.3 Å². The molecule has 2 aromatic carbocycles. The van der Waals surface area contributed by atoms with E-state index in [0.29, 0.717) is 28.5 Å². The number of nitrogens with zero attached hydrogens (tertiary/aromatic N) is 1. The van der Waals surface area contributed by atoms with Crippen molar-refractivity contribution in [2.24, 2.45) is 5.10 Å². The summed E-state index contributed by atoms with van der Waals surface area (Å²) in [6.45, 7) is 9.98. The van der Waals surface area contributed by atoms with Gasteiger partial charge in [0.25, 0.3) is 11.8 Å². The first-order valence-electron chi connectivity index (χ1n) is 12.6. The topological polar surface area (TPSA) is 115 Å². The highest BCUT2D eigenvalue weighted by Gasteiger charge is 2.22. The summed E-state index contributed by atoms with van der Waals surface area (Å²) in [7, 11) is 0. The molecule has 2 amide bonds. The van der Waals surface area contributed by atoms with Gasteiger partial charge in [-0.15, -0.1) is 11.3 Å². The molecule has 39 heavy (non-hydrogen) atoms. The number of hydrazone groups is 1. The Kier molecular flexibility index (Phi) is 10.6. The van der Waals surface area contributed by atoms with Crippen LogP contribution in [0, 0.1) is 13.8 Å². The molecule has 0 aliphatic heterocycles. The van der Waals surface area contributed by atoms with Crippen LogP contribution in [0.5, 0.6) is 11.5 Å². The lowest BCUT2D eigenvalue weighted by Crippen LogP contribution is -2.33. The Morgan fingerprint density at radius 2 is 1.67 bits per heavy atom. The number of thiophene rings is 1. The van der Waals surface area contributed by atoms with Crippen LogP contribution in [0.15, 0.2) is 53.6 Å². The van der Waals surface area contributed by atoms with Crippen molar-refractivity contribution in [1.29, 1.82) is 0 Å². The normalized spacial score (nSPS) is 11.6. The third-order valence-corrected chi connectivity index (χ3v) is 6.75. The molecule has 1 heterocycles. The van der Waals surface area contributed by atoms with Gasteiger partial charge in [-0.1, -0.05) is 6.92 Å². The molecule has 0 fully saturated rings. The van der Waals surface area contributed by atoms with Crippen molar-refractivity contribution in [2.45, 2.75) is 47.1 Å². The highest BCUT2D eigenvalue weighted by atomic mass is 32.1. The monoisotopic (exact) mass is 551 g/mol. The number of anilines is 1. The largest absolute Gasteiger partial charge is 0.494 e. The predicted octanol–water partition coefficient (Wildman–Crippen LogP) is 5.50. The number of hydrogen-bond acceptors (Lipinski definition) is 8. The van der Waals surface area contributed by atoms with Crippen molar-refractivity contribution < 1.29 is 28.6 Å². The average molecular weight is 552 g/mol. The highest BCUT2D eigenvalue weighted by Crippen LogP contribution is 2.33. The zero-order chi connectivity index (χ0) is 28.4. The summed E-state index contributed by atoms with van der Waals surface area (Å²) < 4.78 is 16.4. The first kappa shape index (κ1) is 29.4. The maximum atomic E-state index is 12.8. The summed E-state index contributed by atoms with van der Waals surface area (Å²) in [5.74, 6) is -0.0770. The minimum absolute atomic E-state index is 0.244. The van der Waals surface area contributed by atoms with E-state index in [2.05, 4.69) is 15.8 Å². The van der Waals surface area contributed by atoms with E-state index in [9.17, 15) is 14.4 Å². The first-order chi connectivity index (χ1) is 18.7. The van der Waals surface area contributed by atoms with Crippen LogP contribution in [0.4, 0.5) is 5.00 Å². The van der Waals surface area contributed by atoms with Crippen molar-refractivity contribution >= 4 is 40.3 Å². The number of ether oxygens (including phenoxy) is 3. The number of esters is 1. The minimum Gasteiger partial charge on any atom is -0.494 e. The number of nitrogens with one attached hydrogen (secondary N) is 2. The smallest absolute Gasteiger partial charge is 0.341 e. The van der Waals surface area contributed by atoms with Crippen LogP contribution in [-0.2, 0) is 9.53 Å². The van der Waals surface area contributed by atoms with Gasteiger partial charge in [0.1, 0.15) is 16.5 Å². The van der Waals surface area contributed by atoms with Crippen LogP contribution in [0.2, 0.25) is 0 Å². The number of benzene rings is 2. The van der Waals surface area contributed by atoms with Gasteiger partial charge < -0.3 is 19.5 Å². The lowest BCUT2D eigenvalue weighted by atomic mass is 10.1. The molecule has 10 heteroatoms. The fraction of sp³-hybridized carbons (Fsp3) is 0.310. The van der Waals surface area contributed by atoms with Gasteiger partial charge in [0.05, 0.1) is 25.0 Å². The Labute approximate surface area is 232 Å². The second-order valence-corrected chi connectivity index (χ2v) is 9.82. The predicted molar refractivity (Wildman–Crippen MR) is 152 cm³/mol. The number of aryl methyl sites for hydroxylation is 1. The van der Waals surface area contributed by atoms with Gasteiger partial charge in [-0.25, -0.2) is 10.2 Å². The van der Waals surface area contributed by atoms with Gasteiger partial charge >= 0.3 is 5.97 Å². The summed E-state index contributed by atoms with van der Waals surface area (Å²) in [4.78, 5) is 38.5. The molecule has 0 aliphatic rings. The zero-order valence-electron chi connectivity index (χ0n) is 22.7. The van der Waals surface area contributed by atoms with Crippen LogP contribution in [-0.4, -0.2) is 43.3 Å². The molecule has 3 aromatic rings. The summed E-state index contributed by atoms with van der Waals surface area (Å²) in [6.07, 6.45) is 1.64. The lowest BCUT2D eigenvalue weighted by molar-refractivity contribution is -0.127. The van der Waals surface area contributed by atoms with Crippen molar-refractivity contribution in [1.82, 2.24) is 5.43 Å². The van der Waals surface area contributed by atoms with Gasteiger partial charge in [-0.3, -0.25) is 9.59 Å². The SMILES string of the molecule is CCCOc1ccc(/C=N\NC(=O)[C@H](C)Oc2ccc(C(=O)Nc3sc(C)c(C)c3C(=O)OCC)cc2)cc1. The van der Waals surface area contributed by atoms with Crippen LogP contribution in [0.3, 0.4) is 0 Å². The van der Waals surface area contributed by atoms with Gasteiger partial charge in [0, 0.05) is 10.4 Å². The second kappa shape index (κ2) is 14.1. The van der Waals surface area contributed by atoms with Crippen LogP contribution in [0.1, 0.15) is 63.9 Å². The standard InChI is InChI=1S/C29H33N3O6S/c1-6-16-37-23-12-8-21(9-13-23)17-30-32-26(33)19(4)38-24-14-10-22(11-15-24)27(34)31-28-25(29(35)36-7-2)18(3)20(5)39-28/h8-15,17,19H,6-7,16H2,1-5H3,(H,31,34)(H,32,33)/b30-17-/t19-/m0/s1. The molecule has 2 N–H and O–H groups in total. The van der Waals surface area contributed by atoms with Crippen molar-refractivity contribution in [3.05, 3.63) is 75.7 Å². The molecule has 0 aliphatic carbocycles. The molecule has 9 nitrogen and oxygen atoms in total. The highest BCUT2D eigenvalue weighted by molar-refractivity contribution is 7.16. The lowest BCUT2D eigenvalue weighted by Gasteiger charge is -2.13. The summed E-state index contributed by atoms with van der Waals surface area (Å²) in [6, 6.07) is 13.7. The molecular weight excluding hydrogens is 518 g/mol. The van der Waals surface area contributed by atoms with Gasteiger partial charge in [0.2, 0.25) is 0 Å². The molecule has 1 atom stereocenters. The van der Waals surface area contributed by atoms with E-state index in [1.807, 2.05) is 45.0 Å². The Bertz CT molecular complexity index is 1320. The Morgan fingerprint density at radius 3 is 2.31 bits per heavy atom. The van der Waals surface area contributed by atoms with E-state index in [-0.39, 0.29) is 12.5 Å². The third kappa shape index (κ3) is 8.15. The van der Waals surface area contributed by atoms with E-state index in [0.717, 1.165) is 28.2 Å². The molecule has 3 rings (SSSR count). The zero-order valence-corrected chi connectivity index (χ0v) is 23.5. The summed E-state index contributed by atoms with van der Waals surface area (Å²) >= 11 is 1.32. The Hall–Kier alpha value is -4.18. The molecule has 1 aromatic heterocycles. The average Bonchev–Trinajstić information content (AvgIpc) is 3.20. The summed E-state index contributed by atoms with van der Waals surface area (Å²) in [5.41, 5.74) is 4.79. The number of amides is 2. The molecule has 206 valence electrons. The van der Waals surface area contributed by atoms with E-state index < -0.39 is 18.0 Å². The fourth-order valence-corrected chi connectivity index (χ4v) is 4.46. The quantitative estimate of drug-likeness (QED) is 0.174. The van der Waals surface area contributed by atoms with Crippen molar-refractivity contribution in [2.75, 3.05) is 18.5 Å². The Balaban J connectivity index is 1.54. The molecule has 0 saturated heterocycles. The molecule has 0 radical (unpaired) electrons. The number of rotatable bonds is 12. The van der Waals surface area contributed by atoms with E-state index in [4.69, 9.17) is 14.2 Å². The van der Waals surface area contributed by atoms with E-state index in [1.54, 1.807) is 38.1 Å². The molecule has 0 spiro atoms. The van der Waals surface area contributed by atoms with Crippen LogP contribution in [0.25, 0.3) is 0 Å². The Morgan fingerprint density at radius 1 is 1.00 bits per heavy atom. The van der Waals surface area contributed by atoms with Crippen LogP contribution < -0.4 is 20.2 Å². The van der Waals surface area contributed by atoms with E-state index >= 15 is 0 Å². The van der Waals surface area contributed by atoms with Gasteiger partial charge in [0.15, 0.2) is 6.10 Å². The molecular formula is C29H33N3O6S. The van der Waals surface area contributed by atoms with E-state index in [1.165, 1.54) is 17.6 Å². The van der Waals surface area contributed by atoms with Crippen molar-refractivity contribution in [3.8, 4) is 11.5 Å². The third-order valence-electron chi connectivity index (χ3n) is 5.63. The molecule has 0 unspecified atom stereocenters. The van der Waals surface area contributed by atoms with Gasteiger partial charge in [-0.05, 0) is 93.8 Å². The number of carbonyl (C=O) groups is 3. The maximum absolute atomic E-state index is 12.8. The number of hydrogen-bond donors (Lipinski definition) is 2. The van der Waals surface area contributed by atoms with Crippen molar-refractivity contribution in [3.63, 3.8) is 0 Å². The molecule has 0 bridgehead atoms. The minimum atomic E-state index is -0.823. The maximum Gasteiger partial charge on any atom is 0.341 e. The second-order valence-electron chi connectivity index (χ2n) is 8.60. The first-order valence-corrected chi connectivity index (χ1v) is 13.5. The fourth-order valence-electron chi connectivity index (χ4n) is 3.41. The summed E-state index contributed by atoms with van der Waals surface area (Å²) in [5, 5.41) is 7.23. The molecule has 0 saturated carbocycles. The number of carbonyl (C=O) groups excluding carboxylic acids is 3.